The number of benzene rings is 2. The molecular weight excluding hydrogens is 364 g/mol. The summed E-state index contributed by atoms with van der Waals surface area (Å²) in [6, 6.07) is 23.8. The average molecular weight is 408 g/mol. The summed E-state index contributed by atoms with van der Waals surface area (Å²) in [7, 11) is -0.615. The first-order valence-corrected chi connectivity index (χ1v) is 14.1. The second-order valence-corrected chi connectivity index (χ2v) is 11.2. The predicted molar refractivity (Wildman–Crippen MR) is 133 cm³/mol. The van der Waals surface area contributed by atoms with E-state index in [0.717, 1.165) is 0 Å². The first kappa shape index (κ1) is 23.9. The fraction of sp³-hybridized carbons (Fsp3) is 0.571. The van der Waals surface area contributed by atoms with Gasteiger partial charge in [-0.2, -0.15) is 0 Å². The van der Waals surface area contributed by atoms with Gasteiger partial charge in [-0.3, -0.25) is 0 Å². The smallest absolute Gasteiger partial charge is 0.0654 e. The van der Waals surface area contributed by atoms with Gasteiger partial charge in [-0.05, 0) is 0 Å². The van der Waals surface area contributed by atoms with E-state index < -0.39 is 8.80 Å². The zero-order valence-electron chi connectivity index (χ0n) is 18.9. The molecule has 1 heteroatoms. The van der Waals surface area contributed by atoms with Crippen molar-refractivity contribution in [3.8, 4) is 0 Å². The van der Waals surface area contributed by atoms with E-state index in [0.29, 0.717) is 0 Å². The summed E-state index contributed by atoms with van der Waals surface area (Å²) in [5.74, 6) is 0. The lowest BCUT2D eigenvalue weighted by Gasteiger charge is -2.16. The van der Waals surface area contributed by atoms with E-state index in [1.54, 1.807) is 10.4 Å². The topological polar surface area (TPSA) is 0 Å². The molecule has 0 saturated carbocycles. The second kappa shape index (κ2) is 16.5. The number of hydrogen-bond acceptors (Lipinski definition) is 0. The largest absolute Gasteiger partial charge is 0.121 e. The van der Waals surface area contributed by atoms with Crippen molar-refractivity contribution >= 4 is 19.2 Å². The minimum absolute atomic E-state index is 0.615. The molecule has 2 aromatic rings. The standard InChI is InChI=1S/C28H43Si/c1-2-3-4-5-6-7-8-9-10-11-12-13-14-21-26-29(27-22-17-15-18-23-27)28-24-19-16-20-25-28/h15-20,22-25H,2-14,21,26H2,1H3. The Morgan fingerprint density at radius 3 is 1.17 bits per heavy atom. The molecule has 0 N–H and O–H groups in total. The van der Waals surface area contributed by atoms with Gasteiger partial charge >= 0.3 is 0 Å². The van der Waals surface area contributed by atoms with Crippen LogP contribution in [0.3, 0.4) is 0 Å². The van der Waals surface area contributed by atoms with E-state index >= 15 is 0 Å². The van der Waals surface area contributed by atoms with Crippen LogP contribution < -0.4 is 10.4 Å². The Bertz CT molecular complexity index is 553. The van der Waals surface area contributed by atoms with Crippen LogP contribution in [0.2, 0.25) is 6.04 Å². The van der Waals surface area contributed by atoms with Crippen LogP contribution in [0.5, 0.6) is 0 Å². The third-order valence-corrected chi connectivity index (χ3v) is 8.94. The Labute approximate surface area is 182 Å². The molecule has 0 atom stereocenters. The Hall–Kier alpha value is -1.34. The molecule has 0 aliphatic carbocycles. The maximum Gasteiger partial charge on any atom is 0.121 e. The fourth-order valence-electron chi connectivity index (χ4n) is 4.23. The SMILES string of the molecule is CCCCCCCCCCCCCCCC[Si](c1ccccc1)c1ccccc1. The molecule has 0 heterocycles. The van der Waals surface area contributed by atoms with Gasteiger partial charge in [0.25, 0.3) is 0 Å². The molecule has 0 fully saturated rings. The highest BCUT2D eigenvalue weighted by Gasteiger charge is 2.15. The van der Waals surface area contributed by atoms with Gasteiger partial charge in [0.15, 0.2) is 0 Å². The summed E-state index contributed by atoms with van der Waals surface area (Å²) in [6.07, 6.45) is 20.1. The molecule has 0 unspecified atom stereocenters. The van der Waals surface area contributed by atoms with Crippen LogP contribution in [0, 0.1) is 0 Å². The van der Waals surface area contributed by atoms with E-state index in [4.69, 9.17) is 0 Å². The van der Waals surface area contributed by atoms with Gasteiger partial charge in [0, 0.05) is 0 Å². The lowest BCUT2D eigenvalue weighted by molar-refractivity contribution is 0.538. The fourth-order valence-corrected chi connectivity index (χ4v) is 6.93. The van der Waals surface area contributed by atoms with E-state index in [2.05, 4.69) is 67.6 Å². The summed E-state index contributed by atoms with van der Waals surface area (Å²) in [5.41, 5.74) is 0. The summed E-state index contributed by atoms with van der Waals surface area (Å²) in [4.78, 5) is 0. The van der Waals surface area contributed by atoms with Crippen LogP contribution in [-0.2, 0) is 0 Å². The van der Waals surface area contributed by atoms with Crippen molar-refractivity contribution in [2.24, 2.45) is 0 Å². The van der Waals surface area contributed by atoms with E-state index in [1.807, 2.05) is 0 Å². The summed E-state index contributed by atoms with van der Waals surface area (Å²) < 4.78 is 0. The van der Waals surface area contributed by atoms with E-state index in [9.17, 15) is 0 Å². The molecule has 0 saturated heterocycles. The van der Waals surface area contributed by atoms with Gasteiger partial charge in [0.05, 0.1) is 0 Å². The number of unbranched alkanes of at least 4 members (excludes halogenated alkanes) is 13. The Kier molecular flexibility index (Phi) is 13.6. The van der Waals surface area contributed by atoms with Gasteiger partial charge in [-0.15, -0.1) is 0 Å². The molecule has 2 rings (SSSR count). The maximum atomic E-state index is 2.34. The molecule has 0 aromatic heterocycles. The van der Waals surface area contributed by atoms with Gasteiger partial charge in [-0.25, -0.2) is 0 Å². The van der Waals surface area contributed by atoms with E-state index in [1.165, 1.54) is 95.9 Å². The highest BCUT2D eigenvalue weighted by molar-refractivity contribution is 6.85. The van der Waals surface area contributed by atoms with Crippen LogP contribution in [0.15, 0.2) is 60.7 Å². The van der Waals surface area contributed by atoms with Crippen LogP contribution in [0.25, 0.3) is 0 Å². The van der Waals surface area contributed by atoms with Crippen LogP contribution in [0.1, 0.15) is 96.8 Å². The van der Waals surface area contributed by atoms with Gasteiger partial charge in [0.1, 0.15) is 8.80 Å². The van der Waals surface area contributed by atoms with Gasteiger partial charge in [0.2, 0.25) is 0 Å². The first-order chi connectivity index (χ1) is 14.4. The minimum atomic E-state index is -0.615. The van der Waals surface area contributed by atoms with Crippen molar-refractivity contribution in [1.82, 2.24) is 0 Å². The molecule has 159 valence electrons. The third kappa shape index (κ3) is 10.8. The molecule has 29 heavy (non-hydrogen) atoms. The van der Waals surface area contributed by atoms with Crippen molar-refractivity contribution in [2.75, 3.05) is 0 Å². The normalized spacial score (nSPS) is 11.2. The minimum Gasteiger partial charge on any atom is -0.0654 e. The van der Waals surface area contributed by atoms with Crippen molar-refractivity contribution < 1.29 is 0 Å². The highest BCUT2D eigenvalue weighted by atomic mass is 28.3. The monoisotopic (exact) mass is 407 g/mol. The van der Waals surface area contributed by atoms with Crippen molar-refractivity contribution in [1.29, 1.82) is 0 Å². The molecular formula is C28H43Si. The Morgan fingerprint density at radius 1 is 0.448 bits per heavy atom. The van der Waals surface area contributed by atoms with Gasteiger partial charge in [-0.1, -0.05) is 174 Å². The Morgan fingerprint density at radius 2 is 0.793 bits per heavy atom. The van der Waals surface area contributed by atoms with Gasteiger partial charge < -0.3 is 0 Å². The highest BCUT2D eigenvalue weighted by Crippen LogP contribution is 2.14. The van der Waals surface area contributed by atoms with E-state index in [-0.39, 0.29) is 0 Å². The molecule has 1 radical (unpaired) electrons. The molecule has 0 amide bonds. The summed E-state index contributed by atoms with van der Waals surface area (Å²) >= 11 is 0. The van der Waals surface area contributed by atoms with Crippen LogP contribution in [-0.4, -0.2) is 8.80 Å². The quantitative estimate of drug-likeness (QED) is 0.185. The maximum absolute atomic E-state index is 2.34. The molecule has 0 aliphatic rings. The molecule has 0 aliphatic heterocycles. The number of hydrogen-bond donors (Lipinski definition) is 0. The first-order valence-electron chi connectivity index (χ1n) is 12.4. The lowest BCUT2D eigenvalue weighted by atomic mass is 10.0. The lowest BCUT2D eigenvalue weighted by Crippen LogP contribution is -2.41. The average Bonchev–Trinajstić information content (AvgIpc) is 2.78. The number of rotatable bonds is 17. The third-order valence-electron chi connectivity index (χ3n) is 6.02. The zero-order chi connectivity index (χ0) is 20.4. The van der Waals surface area contributed by atoms with Crippen LogP contribution in [0.4, 0.5) is 0 Å². The zero-order valence-corrected chi connectivity index (χ0v) is 19.9. The molecule has 0 nitrogen and oxygen atoms in total. The van der Waals surface area contributed by atoms with Crippen molar-refractivity contribution in [3.63, 3.8) is 0 Å². The second-order valence-electron chi connectivity index (χ2n) is 8.56. The van der Waals surface area contributed by atoms with Crippen LogP contribution >= 0.6 is 0 Å². The Balaban J connectivity index is 1.52. The van der Waals surface area contributed by atoms with Crippen molar-refractivity contribution in [3.05, 3.63) is 60.7 Å². The molecule has 0 spiro atoms. The summed E-state index contributed by atoms with van der Waals surface area (Å²) in [6.45, 7) is 2.30. The molecule has 2 aromatic carbocycles. The predicted octanol–water partition coefficient (Wildman–Crippen LogP) is 7.78. The van der Waals surface area contributed by atoms with Crippen molar-refractivity contribution in [2.45, 2.75) is 103 Å². The molecule has 0 bridgehead atoms. The summed E-state index contributed by atoms with van der Waals surface area (Å²) in [5, 5.41) is 3.14.